The summed E-state index contributed by atoms with van der Waals surface area (Å²) in [5.41, 5.74) is 1.24. The van der Waals surface area contributed by atoms with Gasteiger partial charge in [-0.25, -0.2) is 14.8 Å². The topological polar surface area (TPSA) is 70.6 Å². The summed E-state index contributed by atoms with van der Waals surface area (Å²) >= 11 is 0. The Bertz CT molecular complexity index is 802. The molecule has 1 fully saturated rings. The minimum absolute atomic E-state index is 0.110. The van der Waals surface area contributed by atoms with Gasteiger partial charge < -0.3 is 19.9 Å². The second kappa shape index (κ2) is 6.97. The molecule has 2 heterocycles. The Kier molecular flexibility index (Phi) is 4.89. The number of amides is 1. The van der Waals surface area contributed by atoms with Crippen molar-refractivity contribution in [2.24, 2.45) is 0 Å². The number of ether oxygens (including phenoxy) is 1. The van der Waals surface area contributed by atoms with Crippen LogP contribution in [0.5, 0.6) is 0 Å². The van der Waals surface area contributed by atoms with Crippen LogP contribution in [0.15, 0.2) is 24.3 Å². The number of nitrogens with zero attached hydrogens (tertiary/aromatic N) is 4. The summed E-state index contributed by atoms with van der Waals surface area (Å²) in [6.07, 6.45) is -0.262. The van der Waals surface area contributed by atoms with Gasteiger partial charge in [-0.1, -0.05) is 12.1 Å². The first-order valence-corrected chi connectivity index (χ1v) is 8.97. The first-order valence-electron chi connectivity index (χ1n) is 8.97. The van der Waals surface area contributed by atoms with Crippen molar-refractivity contribution in [2.75, 3.05) is 36.9 Å². The van der Waals surface area contributed by atoms with E-state index in [9.17, 15) is 4.79 Å². The number of carbonyl (C=O) groups is 1. The average Bonchev–Trinajstić information content (AvgIpc) is 2.59. The van der Waals surface area contributed by atoms with Crippen molar-refractivity contribution in [1.29, 1.82) is 0 Å². The Morgan fingerprint density at radius 3 is 2.42 bits per heavy atom. The number of aromatic nitrogens is 2. The van der Waals surface area contributed by atoms with Crippen molar-refractivity contribution in [1.82, 2.24) is 14.9 Å². The zero-order valence-electron chi connectivity index (χ0n) is 16.1. The number of piperazine rings is 1. The highest BCUT2D eigenvalue weighted by molar-refractivity contribution is 5.80. The molecular weight excluding hydrogens is 330 g/mol. The van der Waals surface area contributed by atoms with Gasteiger partial charge in [0.25, 0.3) is 0 Å². The fourth-order valence-electron chi connectivity index (χ4n) is 3.12. The maximum Gasteiger partial charge on any atom is 0.410 e. The number of para-hydroxylation sites is 2. The average molecular weight is 357 g/mol. The molecule has 0 aliphatic carbocycles. The summed E-state index contributed by atoms with van der Waals surface area (Å²) in [6, 6.07) is 7.95. The lowest BCUT2D eigenvalue weighted by molar-refractivity contribution is 0.0218. The zero-order chi connectivity index (χ0) is 18.9. The zero-order valence-corrected chi connectivity index (χ0v) is 16.1. The molecule has 0 radical (unpaired) electrons. The van der Waals surface area contributed by atoms with Crippen molar-refractivity contribution in [3.05, 3.63) is 24.3 Å². The van der Waals surface area contributed by atoms with Gasteiger partial charge in [0.05, 0.1) is 11.0 Å². The normalized spacial score (nSPS) is 18.1. The number of hydrogen-bond acceptors (Lipinski definition) is 6. The minimum atomic E-state index is -0.486. The number of benzene rings is 1. The molecule has 26 heavy (non-hydrogen) atoms. The summed E-state index contributed by atoms with van der Waals surface area (Å²) in [5, 5.41) is 3.15. The Hall–Kier alpha value is -2.57. The number of nitrogens with one attached hydrogen (secondary N) is 1. The molecule has 1 amide bonds. The molecule has 1 aliphatic rings. The molecule has 1 aromatic heterocycles. The highest BCUT2D eigenvalue weighted by Crippen LogP contribution is 2.28. The molecule has 0 saturated carbocycles. The number of anilines is 2. The molecule has 0 bridgehead atoms. The van der Waals surface area contributed by atoms with E-state index in [4.69, 9.17) is 9.72 Å². The summed E-state index contributed by atoms with van der Waals surface area (Å²) in [6.45, 7) is 9.61. The van der Waals surface area contributed by atoms with Crippen LogP contribution < -0.4 is 10.2 Å². The second-order valence-electron chi connectivity index (χ2n) is 7.60. The third kappa shape index (κ3) is 3.81. The summed E-state index contributed by atoms with van der Waals surface area (Å²) < 4.78 is 5.50. The molecule has 1 saturated heterocycles. The molecule has 7 heteroatoms. The van der Waals surface area contributed by atoms with Gasteiger partial charge in [-0.2, -0.15) is 0 Å². The van der Waals surface area contributed by atoms with Crippen LogP contribution in [0.2, 0.25) is 0 Å². The number of fused-ring (bicyclic) bond motifs is 1. The Balaban J connectivity index is 1.81. The lowest BCUT2D eigenvalue weighted by Crippen LogP contribution is -2.55. The number of hydrogen-bond donors (Lipinski definition) is 1. The van der Waals surface area contributed by atoms with Crippen molar-refractivity contribution in [3.8, 4) is 0 Å². The van der Waals surface area contributed by atoms with Crippen LogP contribution in [0.3, 0.4) is 0 Å². The summed E-state index contributed by atoms with van der Waals surface area (Å²) in [7, 11) is 1.85. The fourth-order valence-corrected chi connectivity index (χ4v) is 3.12. The van der Waals surface area contributed by atoms with Crippen molar-refractivity contribution in [2.45, 2.75) is 39.3 Å². The lowest BCUT2D eigenvalue weighted by atomic mass is 10.2. The monoisotopic (exact) mass is 357 g/mol. The van der Waals surface area contributed by atoms with Gasteiger partial charge in [-0.3, -0.25) is 0 Å². The third-order valence-electron chi connectivity index (χ3n) is 4.34. The van der Waals surface area contributed by atoms with Gasteiger partial charge in [-0.05, 0) is 39.8 Å². The van der Waals surface area contributed by atoms with Crippen LogP contribution in [0.1, 0.15) is 27.7 Å². The molecule has 1 atom stereocenters. The van der Waals surface area contributed by atoms with E-state index >= 15 is 0 Å². The van der Waals surface area contributed by atoms with E-state index in [-0.39, 0.29) is 12.1 Å². The molecule has 1 N–H and O–H groups in total. The first kappa shape index (κ1) is 18.2. The molecular formula is C19H27N5O2. The molecule has 0 unspecified atom stereocenters. The van der Waals surface area contributed by atoms with Crippen LogP contribution in [-0.4, -0.2) is 59.3 Å². The van der Waals surface area contributed by atoms with E-state index in [1.54, 1.807) is 4.90 Å². The predicted molar refractivity (Wildman–Crippen MR) is 104 cm³/mol. The van der Waals surface area contributed by atoms with E-state index in [0.717, 1.165) is 22.7 Å². The smallest absolute Gasteiger partial charge is 0.410 e. The molecule has 0 spiro atoms. The summed E-state index contributed by atoms with van der Waals surface area (Å²) in [5.74, 6) is 1.57. The van der Waals surface area contributed by atoms with Crippen LogP contribution in [0.4, 0.5) is 16.4 Å². The van der Waals surface area contributed by atoms with Crippen molar-refractivity contribution < 1.29 is 9.53 Å². The standard InChI is InChI=1S/C19H27N5O2/c1-13-12-23(18(25)26-19(2,3)4)10-11-24(13)17-16(20-5)21-14-8-6-7-9-15(14)22-17/h6-9,13H,10-12H2,1-5H3,(H,20,21)/t13-/m1/s1. The lowest BCUT2D eigenvalue weighted by Gasteiger charge is -2.41. The van der Waals surface area contributed by atoms with Crippen LogP contribution in [-0.2, 0) is 4.74 Å². The largest absolute Gasteiger partial charge is 0.444 e. The molecule has 3 rings (SSSR count). The third-order valence-corrected chi connectivity index (χ3v) is 4.34. The molecule has 1 aromatic carbocycles. The van der Waals surface area contributed by atoms with Crippen LogP contribution in [0, 0.1) is 0 Å². The van der Waals surface area contributed by atoms with Gasteiger partial charge in [0.2, 0.25) is 0 Å². The maximum absolute atomic E-state index is 12.3. The van der Waals surface area contributed by atoms with Gasteiger partial charge in [0.1, 0.15) is 5.60 Å². The first-order chi connectivity index (χ1) is 12.3. The molecule has 7 nitrogen and oxygen atoms in total. The van der Waals surface area contributed by atoms with Crippen molar-refractivity contribution in [3.63, 3.8) is 0 Å². The number of carbonyl (C=O) groups excluding carboxylic acids is 1. The van der Waals surface area contributed by atoms with Crippen LogP contribution >= 0.6 is 0 Å². The van der Waals surface area contributed by atoms with Gasteiger partial charge in [-0.15, -0.1) is 0 Å². The maximum atomic E-state index is 12.3. The van der Waals surface area contributed by atoms with Gasteiger partial charge >= 0.3 is 6.09 Å². The minimum Gasteiger partial charge on any atom is -0.444 e. The summed E-state index contributed by atoms with van der Waals surface area (Å²) in [4.78, 5) is 25.8. The Morgan fingerprint density at radius 1 is 1.19 bits per heavy atom. The van der Waals surface area contributed by atoms with Crippen LogP contribution in [0.25, 0.3) is 11.0 Å². The van der Waals surface area contributed by atoms with E-state index < -0.39 is 5.60 Å². The SMILES string of the molecule is CNc1nc2ccccc2nc1N1CCN(C(=O)OC(C)(C)C)C[C@H]1C. The van der Waals surface area contributed by atoms with Gasteiger partial charge in [0.15, 0.2) is 11.6 Å². The highest BCUT2D eigenvalue weighted by atomic mass is 16.6. The van der Waals surface area contributed by atoms with Crippen molar-refractivity contribution >= 4 is 28.8 Å². The van der Waals surface area contributed by atoms with E-state index in [1.807, 2.05) is 52.1 Å². The Labute approximate surface area is 154 Å². The van der Waals surface area contributed by atoms with Gasteiger partial charge in [0, 0.05) is 32.7 Å². The highest BCUT2D eigenvalue weighted by Gasteiger charge is 2.31. The number of rotatable bonds is 2. The van der Waals surface area contributed by atoms with E-state index in [2.05, 4.69) is 22.1 Å². The predicted octanol–water partition coefficient (Wildman–Crippen LogP) is 3.12. The Morgan fingerprint density at radius 2 is 1.85 bits per heavy atom. The molecule has 2 aromatic rings. The fraction of sp³-hybridized carbons (Fsp3) is 0.526. The second-order valence-corrected chi connectivity index (χ2v) is 7.60. The quantitative estimate of drug-likeness (QED) is 0.890. The van der Waals surface area contributed by atoms with E-state index in [0.29, 0.717) is 19.6 Å². The van der Waals surface area contributed by atoms with E-state index in [1.165, 1.54) is 0 Å². The molecule has 1 aliphatic heterocycles. The molecule has 140 valence electrons.